The minimum atomic E-state index is -0.526. The number of carbonyl (C=O) groups excluding carboxylic acids is 1. The van der Waals surface area contributed by atoms with Crippen molar-refractivity contribution in [1.29, 1.82) is 0 Å². The minimum Gasteiger partial charge on any atom is -0.372 e. The van der Waals surface area contributed by atoms with Crippen LogP contribution in [0, 0.1) is 0 Å². The molecule has 1 amide bonds. The van der Waals surface area contributed by atoms with E-state index in [1.807, 2.05) is 0 Å². The van der Waals surface area contributed by atoms with Gasteiger partial charge in [-0.1, -0.05) is 0 Å². The fourth-order valence-corrected chi connectivity index (χ4v) is 1.67. The van der Waals surface area contributed by atoms with Crippen LogP contribution in [0.5, 0.6) is 0 Å². The van der Waals surface area contributed by atoms with Gasteiger partial charge >= 0.3 is 0 Å². The van der Waals surface area contributed by atoms with Crippen molar-refractivity contribution in [2.24, 2.45) is 0 Å². The topological polar surface area (TPSA) is 64.1 Å². The van der Waals surface area contributed by atoms with Crippen LogP contribution < -0.4 is 5.32 Å². The fraction of sp³-hybridized carbons (Fsp3) is 0.375. The Kier molecular flexibility index (Phi) is 4.62. The predicted octanol–water partition coefficient (Wildman–Crippen LogP) is 1.98. The van der Waals surface area contributed by atoms with Crippen LogP contribution in [0.3, 0.4) is 0 Å². The molecule has 1 rings (SSSR count). The molecule has 1 N–H and O–H groups in total. The van der Waals surface area contributed by atoms with Crippen molar-refractivity contribution in [2.45, 2.75) is 13.0 Å². The second-order valence-electron chi connectivity index (χ2n) is 2.70. The van der Waals surface area contributed by atoms with E-state index in [2.05, 4.69) is 47.1 Å². The monoisotopic (exact) mass is 337 g/mol. The molecule has 0 aliphatic rings. The summed E-state index contributed by atoms with van der Waals surface area (Å²) in [6, 6.07) is 0. The molecule has 1 aromatic rings. The molecule has 1 aromatic heterocycles. The lowest BCUT2D eigenvalue weighted by Crippen LogP contribution is -2.27. The molecule has 7 heteroatoms. The maximum absolute atomic E-state index is 11.4. The van der Waals surface area contributed by atoms with E-state index >= 15 is 0 Å². The molecule has 0 aliphatic heterocycles. The third-order valence-corrected chi connectivity index (χ3v) is 2.60. The number of amides is 1. The van der Waals surface area contributed by atoms with E-state index in [1.54, 1.807) is 6.92 Å². The molecule has 0 radical (unpaired) electrons. The highest BCUT2D eigenvalue weighted by atomic mass is 79.9. The maximum atomic E-state index is 11.4. The second kappa shape index (κ2) is 5.53. The molecule has 15 heavy (non-hydrogen) atoms. The second-order valence-corrected chi connectivity index (χ2v) is 4.26. The number of nitrogens with one attached hydrogen (secondary N) is 1. The Bertz CT molecular complexity index is 373. The SMILES string of the molecule is COC(C)C(=O)Nc1ncc(Br)nc1Br. The van der Waals surface area contributed by atoms with Crippen molar-refractivity contribution in [2.75, 3.05) is 12.4 Å². The summed E-state index contributed by atoms with van der Waals surface area (Å²) in [6.45, 7) is 1.65. The Labute approximate surface area is 104 Å². The number of methoxy groups -OCH3 is 1. The summed E-state index contributed by atoms with van der Waals surface area (Å²) < 4.78 is 5.92. The molecule has 0 spiro atoms. The molecule has 82 valence electrons. The fourth-order valence-electron chi connectivity index (χ4n) is 0.756. The summed E-state index contributed by atoms with van der Waals surface area (Å²) in [5.41, 5.74) is 0. The summed E-state index contributed by atoms with van der Waals surface area (Å²) in [7, 11) is 1.46. The number of carbonyl (C=O) groups is 1. The van der Waals surface area contributed by atoms with Crippen molar-refractivity contribution < 1.29 is 9.53 Å². The van der Waals surface area contributed by atoms with E-state index in [0.717, 1.165) is 0 Å². The van der Waals surface area contributed by atoms with Crippen LogP contribution in [0.15, 0.2) is 15.4 Å². The number of nitrogens with zero attached hydrogens (tertiary/aromatic N) is 2. The number of hydrogen-bond donors (Lipinski definition) is 1. The lowest BCUT2D eigenvalue weighted by Gasteiger charge is -2.10. The van der Waals surface area contributed by atoms with Crippen LogP contribution in [0.4, 0.5) is 5.82 Å². The van der Waals surface area contributed by atoms with Crippen LogP contribution in [0.2, 0.25) is 0 Å². The standard InChI is InChI=1S/C8H9Br2N3O2/c1-4(15-2)8(14)13-7-6(10)12-5(9)3-11-7/h3-4H,1-2H3,(H,11,13,14). The average molecular weight is 339 g/mol. The van der Waals surface area contributed by atoms with Gasteiger partial charge in [0.25, 0.3) is 5.91 Å². The van der Waals surface area contributed by atoms with Crippen LogP contribution in [0.1, 0.15) is 6.92 Å². The lowest BCUT2D eigenvalue weighted by atomic mass is 10.4. The van der Waals surface area contributed by atoms with E-state index in [1.165, 1.54) is 13.3 Å². The zero-order valence-electron chi connectivity index (χ0n) is 8.12. The Morgan fingerprint density at radius 1 is 1.60 bits per heavy atom. The van der Waals surface area contributed by atoms with Crippen LogP contribution in [-0.4, -0.2) is 29.1 Å². The van der Waals surface area contributed by atoms with Crippen molar-refractivity contribution in [3.05, 3.63) is 15.4 Å². The van der Waals surface area contributed by atoms with Crippen molar-refractivity contribution in [3.63, 3.8) is 0 Å². The molecule has 0 fully saturated rings. The largest absolute Gasteiger partial charge is 0.372 e. The normalized spacial score (nSPS) is 12.3. The average Bonchev–Trinajstić information content (AvgIpc) is 2.20. The zero-order chi connectivity index (χ0) is 11.4. The van der Waals surface area contributed by atoms with E-state index in [-0.39, 0.29) is 5.91 Å². The van der Waals surface area contributed by atoms with Gasteiger partial charge in [0, 0.05) is 7.11 Å². The highest BCUT2D eigenvalue weighted by Gasteiger charge is 2.14. The number of anilines is 1. The van der Waals surface area contributed by atoms with E-state index < -0.39 is 6.10 Å². The molecule has 0 saturated heterocycles. The van der Waals surface area contributed by atoms with Crippen molar-refractivity contribution >= 4 is 43.6 Å². The molecule has 0 aliphatic carbocycles. The van der Waals surface area contributed by atoms with Gasteiger partial charge in [-0.2, -0.15) is 0 Å². The highest BCUT2D eigenvalue weighted by Crippen LogP contribution is 2.19. The number of hydrogen-bond acceptors (Lipinski definition) is 4. The Balaban J connectivity index is 2.77. The third kappa shape index (κ3) is 3.51. The minimum absolute atomic E-state index is 0.269. The number of rotatable bonds is 3. The number of aromatic nitrogens is 2. The molecular weight excluding hydrogens is 330 g/mol. The molecule has 1 heterocycles. The first kappa shape index (κ1) is 12.5. The van der Waals surface area contributed by atoms with Gasteiger partial charge in [0.1, 0.15) is 15.3 Å². The van der Waals surface area contributed by atoms with Crippen LogP contribution in [0.25, 0.3) is 0 Å². The summed E-state index contributed by atoms with van der Waals surface area (Å²) in [5.74, 6) is 0.0990. The van der Waals surface area contributed by atoms with Gasteiger partial charge in [-0.25, -0.2) is 9.97 Å². The quantitative estimate of drug-likeness (QED) is 0.915. The molecule has 0 aromatic carbocycles. The Morgan fingerprint density at radius 2 is 2.27 bits per heavy atom. The summed E-state index contributed by atoms with van der Waals surface area (Å²) in [4.78, 5) is 19.5. The first-order valence-corrected chi connectivity index (χ1v) is 5.65. The van der Waals surface area contributed by atoms with Crippen molar-refractivity contribution in [1.82, 2.24) is 9.97 Å². The smallest absolute Gasteiger partial charge is 0.254 e. The van der Waals surface area contributed by atoms with Gasteiger partial charge in [-0.15, -0.1) is 0 Å². The number of halogens is 2. The molecule has 5 nitrogen and oxygen atoms in total. The van der Waals surface area contributed by atoms with E-state index in [0.29, 0.717) is 15.0 Å². The predicted molar refractivity (Wildman–Crippen MR) is 62.5 cm³/mol. The highest BCUT2D eigenvalue weighted by molar-refractivity contribution is 9.11. The summed E-state index contributed by atoms with van der Waals surface area (Å²) in [5, 5.41) is 2.58. The summed E-state index contributed by atoms with van der Waals surface area (Å²) in [6.07, 6.45) is 0.972. The molecule has 1 unspecified atom stereocenters. The van der Waals surface area contributed by atoms with Gasteiger partial charge < -0.3 is 10.1 Å². The van der Waals surface area contributed by atoms with Crippen LogP contribution >= 0.6 is 31.9 Å². The summed E-state index contributed by atoms with van der Waals surface area (Å²) >= 11 is 6.35. The van der Waals surface area contributed by atoms with Gasteiger partial charge in [0.15, 0.2) is 5.82 Å². The first-order valence-electron chi connectivity index (χ1n) is 4.06. The number of ether oxygens (including phenoxy) is 1. The maximum Gasteiger partial charge on any atom is 0.254 e. The van der Waals surface area contributed by atoms with Gasteiger partial charge in [-0.05, 0) is 38.8 Å². The first-order chi connectivity index (χ1) is 7.04. The van der Waals surface area contributed by atoms with Gasteiger partial charge in [0.2, 0.25) is 0 Å². The van der Waals surface area contributed by atoms with Crippen molar-refractivity contribution in [3.8, 4) is 0 Å². The van der Waals surface area contributed by atoms with E-state index in [4.69, 9.17) is 4.74 Å². The molecular formula is C8H9Br2N3O2. The molecule has 0 bridgehead atoms. The molecule has 0 saturated carbocycles. The van der Waals surface area contributed by atoms with Crippen LogP contribution in [-0.2, 0) is 9.53 Å². The van der Waals surface area contributed by atoms with Gasteiger partial charge in [0.05, 0.1) is 6.20 Å². The third-order valence-electron chi connectivity index (χ3n) is 1.66. The Morgan fingerprint density at radius 3 is 2.80 bits per heavy atom. The Hall–Kier alpha value is -0.530. The zero-order valence-corrected chi connectivity index (χ0v) is 11.3. The van der Waals surface area contributed by atoms with E-state index in [9.17, 15) is 4.79 Å². The lowest BCUT2D eigenvalue weighted by molar-refractivity contribution is -0.124. The van der Waals surface area contributed by atoms with Gasteiger partial charge in [-0.3, -0.25) is 4.79 Å². The molecule has 1 atom stereocenters.